The number of benzene rings is 1. The Morgan fingerprint density at radius 2 is 1.78 bits per heavy atom. The van der Waals surface area contributed by atoms with Crippen molar-refractivity contribution in [1.82, 2.24) is 15.2 Å². The number of likely N-dealkylation sites (tertiary alicyclic amines) is 1. The number of pyridine rings is 1. The minimum absolute atomic E-state index is 0.212. The third kappa shape index (κ3) is 8.07. The van der Waals surface area contributed by atoms with Gasteiger partial charge in [-0.25, -0.2) is 9.59 Å². The third-order valence-corrected chi connectivity index (χ3v) is 5.72. The van der Waals surface area contributed by atoms with Crippen molar-refractivity contribution in [1.29, 1.82) is 0 Å². The van der Waals surface area contributed by atoms with Crippen LogP contribution in [0.5, 0.6) is 0 Å². The van der Waals surface area contributed by atoms with E-state index in [0.29, 0.717) is 42.5 Å². The number of aromatic nitrogens is 1. The van der Waals surface area contributed by atoms with Crippen molar-refractivity contribution >= 4 is 40.9 Å². The van der Waals surface area contributed by atoms with Crippen molar-refractivity contribution in [2.24, 2.45) is 5.16 Å². The minimum Gasteiger partial charge on any atom is -0.475 e. The summed E-state index contributed by atoms with van der Waals surface area (Å²) in [5.41, 5.74) is 1.32. The van der Waals surface area contributed by atoms with E-state index in [2.05, 4.69) is 20.8 Å². The Kier molecular flexibility index (Phi) is 8.92. The number of oxime groups is 1. The Labute approximate surface area is 214 Å². The van der Waals surface area contributed by atoms with E-state index in [9.17, 15) is 22.8 Å². The number of carbonyl (C=O) groups is 3. The van der Waals surface area contributed by atoms with Gasteiger partial charge in [-0.15, -0.1) is 0 Å². The Hall–Kier alpha value is -3.87. The first-order valence-corrected chi connectivity index (χ1v) is 11.4. The van der Waals surface area contributed by atoms with Crippen LogP contribution in [0, 0.1) is 0 Å². The fourth-order valence-corrected chi connectivity index (χ4v) is 3.78. The molecule has 1 aromatic carbocycles. The number of aliphatic carboxylic acids is 1. The van der Waals surface area contributed by atoms with E-state index >= 15 is 0 Å². The maximum atomic E-state index is 12.7. The van der Waals surface area contributed by atoms with Gasteiger partial charge in [0, 0.05) is 42.6 Å². The number of carboxylic acid groups (broad SMARTS) is 1. The highest BCUT2D eigenvalue weighted by atomic mass is 35.5. The number of anilines is 1. The monoisotopic (exact) mass is 541 g/mol. The van der Waals surface area contributed by atoms with E-state index in [4.69, 9.17) is 26.3 Å². The summed E-state index contributed by atoms with van der Waals surface area (Å²) in [6.45, 7) is 1.38. The van der Waals surface area contributed by atoms with Gasteiger partial charge >= 0.3 is 18.2 Å². The van der Waals surface area contributed by atoms with Crippen molar-refractivity contribution in [2.75, 3.05) is 18.4 Å². The molecule has 2 aliphatic heterocycles. The number of halogens is 4. The van der Waals surface area contributed by atoms with E-state index in [0.717, 1.165) is 18.4 Å². The Morgan fingerprint density at radius 3 is 2.41 bits per heavy atom. The van der Waals surface area contributed by atoms with E-state index in [1.54, 1.807) is 41.6 Å². The predicted octanol–water partition coefficient (Wildman–Crippen LogP) is 3.83. The van der Waals surface area contributed by atoms with Crippen molar-refractivity contribution in [3.63, 3.8) is 0 Å². The molecule has 3 heterocycles. The fourth-order valence-electron chi connectivity index (χ4n) is 3.65. The number of nitrogens with one attached hydrogen (secondary N) is 2. The van der Waals surface area contributed by atoms with Gasteiger partial charge in [0.15, 0.2) is 5.60 Å². The molecule has 3 amide bonds. The summed E-state index contributed by atoms with van der Waals surface area (Å²) >= 11 is 5.89. The first-order chi connectivity index (χ1) is 17.5. The predicted molar refractivity (Wildman–Crippen MR) is 127 cm³/mol. The lowest BCUT2D eigenvalue weighted by molar-refractivity contribution is -0.192. The SMILES string of the molecule is O=C(NCc1ccncc1)C1=NOC2(CCCN(C(=O)Nc3ccc(Cl)cc3)C2)C1.O=C(O)C(F)(F)F. The third-order valence-electron chi connectivity index (χ3n) is 5.47. The van der Waals surface area contributed by atoms with Crippen LogP contribution >= 0.6 is 11.6 Å². The lowest BCUT2D eigenvalue weighted by Gasteiger charge is -2.38. The van der Waals surface area contributed by atoms with Gasteiger partial charge in [-0.1, -0.05) is 16.8 Å². The molecule has 0 bridgehead atoms. The highest BCUT2D eigenvalue weighted by Crippen LogP contribution is 2.33. The topological polar surface area (TPSA) is 133 Å². The molecule has 37 heavy (non-hydrogen) atoms. The normalized spacial score (nSPS) is 18.7. The molecular weight excluding hydrogens is 519 g/mol. The highest BCUT2D eigenvalue weighted by Gasteiger charge is 2.45. The Balaban J connectivity index is 0.000000479. The number of nitrogens with zero attached hydrogens (tertiary/aromatic N) is 3. The number of carboxylic acids is 1. The second-order valence-corrected chi connectivity index (χ2v) is 8.73. The molecule has 4 rings (SSSR count). The molecular formula is C23H23ClF3N5O5. The highest BCUT2D eigenvalue weighted by molar-refractivity contribution is 6.39. The first kappa shape index (κ1) is 27.7. The van der Waals surface area contributed by atoms with Crippen LogP contribution in [-0.4, -0.2) is 63.5 Å². The molecule has 2 aromatic rings. The number of urea groups is 1. The number of amides is 3. The molecule has 0 saturated carbocycles. The lowest BCUT2D eigenvalue weighted by atomic mass is 9.88. The van der Waals surface area contributed by atoms with Crippen LogP contribution in [0.4, 0.5) is 23.7 Å². The van der Waals surface area contributed by atoms with Gasteiger partial charge in [0.25, 0.3) is 5.91 Å². The molecule has 1 atom stereocenters. The van der Waals surface area contributed by atoms with E-state index in [-0.39, 0.29) is 11.9 Å². The van der Waals surface area contributed by atoms with Crippen LogP contribution in [0.25, 0.3) is 0 Å². The average molecular weight is 542 g/mol. The van der Waals surface area contributed by atoms with E-state index in [1.165, 1.54) is 0 Å². The summed E-state index contributed by atoms with van der Waals surface area (Å²) in [6, 6.07) is 10.4. The van der Waals surface area contributed by atoms with Crippen molar-refractivity contribution in [3.8, 4) is 0 Å². The zero-order valence-corrected chi connectivity index (χ0v) is 20.1. The molecule has 198 valence electrons. The van der Waals surface area contributed by atoms with Crippen LogP contribution < -0.4 is 10.6 Å². The van der Waals surface area contributed by atoms with Gasteiger partial charge in [0.2, 0.25) is 0 Å². The standard InChI is InChI=1S/C21H22ClN5O3.C2HF3O2/c22-16-2-4-17(5-3-16)25-20(29)27-11-1-8-21(14-27)12-18(26-30-21)19(28)24-13-15-6-9-23-10-7-15;3-2(4,5)1(6)7/h2-7,9-10H,1,8,11-14H2,(H,24,28)(H,25,29);(H,6,7). The number of piperidine rings is 1. The van der Waals surface area contributed by atoms with Crippen LogP contribution in [0.15, 0.2) is 53.9 Å². The summed E-state index contributed by atoms with van der Waals surface area (Å²) < 4.78 is 31.7. The molecule has 1 saturated heterocycles. The second kappa shape index (κ2) is 11.9. The summed E-state index contributed by atoms with van der Waals surface area (Å²) in [7, 11) is 0. The molecule has 1 fully saturated rings. The minimum atomic E-state index is -5.08. The fraction of sp³-hybridized carbons (Fsp3) is 0.348. The zero-order chi connectivity index (χ0) is 27.1. The van der Waals surface area contributed by atoms with Gasteiger partial charge < -0.3 is 25.5 Å². The largest absolute Gasteiger partial charge is 0.490 e. The molecule has 1 unspecified atom stereocenters. The second-order valence-electron chi connectivity index (χ2n) is 8.29. The smallest absolute Gasteiger partial charge is 0.475 e. The number of hydrogen-bond donors (Lipinski definition) is 3. The number of alkyl halides is 3. The lowest BCUT2D eigenvalue weighted by Crippen LogP contribution is -2.52. The maximum Gasteiger partial charge on any atom is 0.490 e. The van der Waals surface area contributed by atoms with Crippen LogP contribution in [-0.2, 0) is 21.0 Å². The van der Waals surface area contributed by atoms with Gasteiger partial charge in [-0.3, -0.25) is 9.78 Å². The molecule has 2 aliphatic rings. The Morgan fingerprint density at radius 1 is 1.14 bits per heavy atom. The van der Waals surface area contributed by atoms with Crippen LogP contribution in [0.2, 0.25) is 5.02 Å². The maximum absolute atomic E-state index is 12.7. The molecule has 0 radical (unpaired) electrons. The summed E-state index contributed by atoms with van der Waals surface area (Å²) in [6.07, 6.45) is 0.161. The quantitative estimate of drug-likeness (QED) is 0.539. The number of carbonyl (C=O) groups excluding carboxylic acids is 2. The van der Waals surface area contributed by atoms with Gasteiger partial charge in [0.1, 0.15) is 5.71 Å². The van der Waals surface area contributed by atoms with Crippen LogP contribution in [0.3, 0.4) is 0 Å². The number of rotatable bonds is 4. The van der Waals surface area contributed by atoms with Crippen molar-refractivity contribution < 1.29 is 37.5 Å². The molecule has 1 aromatic heterocycles. The van der Waals surface area contributed by atoms with E-state index in [1.807, 2.05) is 12.1 Å². The average Bonchev–Trinajstić information content (AvgIpc) is 3.27. The van der Waals surface area contributed by atoms with Gasteiger partial charge in [-0.2, -0.15) is 13.2 Å². The zero-order valence-electron chi connectivity index (χ0n) is 19.3. The van der Waals surface area contributed by atoms with Gasteiger partial charge in [0.05, 0.1) is 6.54 Å². The summed E-state index contributed by atoms with van der Waals surface area (Å²) in [5, 5.41) is 17.5. The Bertz CT molecular complexity index is 1150. The molecule has 3 N–H and O–H groups in total. The van der Waals surface area contributed by atoms with Crippen molar-refractivity contribution in [3.05, 3.63) is 59.4 Å². The summed E-state index contributed by atoms with van der Waals surface area (Å²) in [5.74, 6) is -3.01. The van der Waals surface area contributed by atoms with E-state index < -0.39 is 17.7 Å². The van der Waals surface area contributed by atoms with Gasteiger partial charge in [-0.05, 0) is 54.8 Å². The first-order valence-electron chi connectivity index (χ1n) is 11.0. The van der Waals surface area contributed by atoms with Crippen LogP contribution in [0.1, 0.15) is 24.8 Å². The molecule has 14 heteroatoms. The number of hydrogen-bond acceptors (Lipinski definition) is 6. The van der Waals surface area contributed by atoms with Crippen molar-refractivity contribution in [2.45, 2.75) is 37.6 Å². The molecule has 0 aliphatic carbocycles. The molecule has 10 nitrogen and oxygen atoms in total. The summed E-state index contributed by atoms with van der Waals surface area (Å²) in [4.78, 5) is 45.4. The molecule has 1 spiro atoms.